The number of hydrogen-bond acceptors (Lipinski definition) is 2. The molecule has 0 spiro atoms. The number of nitrogens with one attached hydrogen (secondary N) is 1. The Kier molecular flexibility index (Phi) is 5.14. The van der Waals surface area contributed by atoms with Crippen molar-refractivity contribution < 1.29 is 8.78 Å². The first-order valence-corrected chi connectivity index (χ1v) is 5.40. The van der Waals surface area contributed by atoms with Gasteiger partial charge in [-0.05, 0) is 17.7 Å². The van der Waals surface area contributed by atoms with Crippen molar-refractivity contribution in [3.05, 3.63) is 34.3 Å². The Morgan fingerprint density at radius 2 is 2.13 bits per heavy atom. The lowest BCUT2D eigenvalue weighted by atomic mass is 10.1. The summed E-state index contributed by atoms with van der Waals surface area (Å²) in [6.07, 6.45) is -2.36. The van der Waals surface area contributed by atoms with Crippen molar-refractivity contribution in [2.45, 2.75) is 12.5 Å². The summed E-state index contributed by atoms with van der Waals surface area (Å²) in [6, 6.07) is 7.24. The number of hydrogen-bond donors (Lipinski definition) is 2. The zero-order valence-corrected chi connectivity index (χ0v) is 9.68. The van der Waals surface area contributed by atoms with E-state index >= 15 is 0 Å². The van der Waals surface area contributed by atoms with Crippen LogP contribution in [0.4, 0.5) is 8.78 Å². The van der Waals surface area contributed by atoms with Crippen LogP contribution in [0.2, 0.25) is 0 Å². The van der Waals surface area contributed by atoms with Gasteiger partial charge in [-0.25, -0.2) is 8.78 Å². The van der Waals surface area contributed by atoms with Gasteiger partial charge in [0.25, 0.3) is 6.43 Å². The van der Waals surface area contributed by atoms with Gasteiger partial charge in [0.2, 0.25) is 0 Å². The van der Waals surface area contributed by atoms with Gasteiger partial charge in [-0.1, -0.05) is 28.1 Å². The summed E-state index contributed by atoms with van der Waals surface area (Å²) in [7, 11) is 0. The molecule has 2 nitrogen and oxygen atoms in total. The Morgan fingerprint density at radius 3 is 2.67 bits per heavy atom. The van der Waals surface area contributed by atoms with Gasteiger partial charge >= 0.3 is 0 Å². The Balaban J connectivity index is 2.65. The number of benzene rings is 1. The molecule has 1 aromatic rings. The molecule has 0 bridgehead atoms. The van der Waals surface area contributed by atoms with Crippen LogP contribution >= 0.6 is 15.9 Å². The molecular formula is C10H13BrF2N2. The van der Waals surface area contributed by atoms with Crippen molar-refractivity contribution in [2.75, 3.05) is 13.1 Å². The van der Waals surface area contributed by atoms with Crippen molar-refractivity contribution in [2.24, 2.45) is 5.73 Å². The Hall–Kier alpha value is -0.520. The lowest BCUT2D eigenvalue weighted by Crippen LogP contribution is -2.31. The molecule has 1 atom stereocenters. The third-order valence-corrected chi connectivity index (χ3v) is 2.50. The smallest absolute Gasteiger partial charge is 0.250 e. The first-order valence-electron chi connectivity index (χ1n) is 4.60. The van der Waals surface area contributed by atoms with Gasteiger partial charge in [-0.2, -0.15) is 0 Å². The van der Waals surface area contributed by atoms with Crippen molar-refractivity contribution in [3.63, 3.8) is 0 Å². The number of halogens is 3. The van der Waals surface area contributed by atoms with Crippen LogP contribution < -0.4 is 11.1 Å². The van der Waals surface area contributed by atoms with Crippen LogP contribution in [0, 0.1) is 0 Å². The minimum Gasteiger partial charge on any atom is -0.329 e. The van der Waals surface area contributed by atoms with Crippen LogP contribution in [-0.2, 0) is 0 Å². The predicted octanol–water partition coefficient (Wildman–Crippen LogP) is 2.30. The third-order valence-electron chi connectivity index (χ3n) is 2.01. The molecule has 0 fully saturated rings. The molecule has 1 rings (SSSR count). The van der Waals surface area contributed by atoms with Crippen molar-refractivity contribution >= 4 is 15.9 Å². The van der Waals surface area contributed by atoms with Gasteiger partial charge in [0, 0.05) is 17.1 Å². The summed E-state index contributed by atoms with van der Waals surface area (Å²) in [5.41, 5.74) is 6.43. The van der Waals surface area contributed by atoms with Gasteiger partial charge in [-0.15, -0.1) is 0 Å². The van der Waals surface area contributed by atoms with Gasteiger partial charge in [0.15, 0.2) is 0 Å². The summed E-state index contributed by atoms with van der Waals surface area (Å²) >= 11 is 3.32. The molecule has 0 heterocycles. The first kappa shape index (κ1) is 12.5. The van der Waals surface area contributed by atoms with Gasteiger partial charge in [0.1, 0.15) is 0 Å². The van der Waals surface area contributed by atoms with Gasteiger partial charge < -0.3 is 11.1 Å². The zero-order chi connectivity index (χ0) is 11.3. The second kappa shape index (κ2) is 6.15. The van der Waals surface area contributed by atoms with E-state index in [9.17, 15) is 8.78 Å². The van der Waals surface area contributed by atoms with Crippen molar-refractivity contribution in [3.8, 4) is 0 Å². The van der Waals surface area contributed by atoms with Crippen LogP contribution in [-0.4, -0.2) is 19.5 Å². The molecule has 0 saturated heterocycles. The summed E-state index contributed by atoms with van der Waals surface area (Å²) in [5.74, 6) is 0. The lowest BCUT2D eigenvalue weighted by molar-refractivity contribution is 0.141. The van der Waals surface area contributed by atoms with E-state index in [1.165, 1.54) is 0 Å². The maximum absolute atomic E-state index is 12.0. The molecule has 1 aromatic carbocycles. The van der Waals surface area contributed by atoms with E-state index in [2.05, 4.69) is 21.2 Å². The highest BCUT2D eigenvalue weighted by molar-refractivity contribution is 9.10. The van der Waals surface area contributed by atoms with Crippen LogP contribution in [0.5, 0.6) is 0 Å². The SMILES string of the molecule is NCC(NCC(F)F)c1cccc(Br)c1. The standard InChI is InChI=1S/C10H13BrF2N2/c11-8-3-1-2-7(4-8)9(5-14)15-6-10(12)13/h1-4,9-10,15H,5-6,14H2. The normalized spacial score (nSPS) is 13.1. The van der Waals surface area contributed by atoms with E-state index in [-0.39, 0.29) is 12.6 Å². The fraction of sp³-hybridized carbons (Fsp3) is 0.400. The summed E-state index contributed by atoms with van der Waals surface area (Å²) < 4.78 is 24.9. The van der Waals surface area contributed by atoms with Crippen LogP contribution in [0.15, 0.2) is 28.7 Å². The van der Waals surface area contributed by atoms with E-state index in [4.69, 9.17) is 5.73 Å². The predicted molar refractivity (Wildman–Crippen MR) is 59.9 cm³/mol. The molecule has 84 valence electrons. The second-order valence-electron chi connectivity index (χ2n) is 3.14. The molecule has 0 amide bonds. The van der Waals surface area contributed by atoms with E-state index in [1.54, 1.807) is 0 Å². The highest BCUT2D eigenvalue weighted by Gasteiger charge is 2.11. The minimum absolute atomic E-state index is 0.225. The number of rotatable bonds is 5. The van der Waals surface area contributed by atoms with Gasteiger partial charge in [-0.3, -0.25) is 0 Å². The quantitative estimate of drug-likeness (QED) is 0.868. The molecule has 0 saturated carbocycles. The van der Waals surface area contributed by atoms with Gasteiger partial charge in [0.05, 0.1) is 6.54 Å². The Morgan fingerprint density at radius 1 is 1.40 bits per heavy atom. The lowest BCUT2D eigenvalue weighted by Gasteiger charge is -2.17. The molecule has 5 heteroatoms. The van der Waals surface area contributed by atoms with Crippen LogP contribution in [0.1, 0.15) is 11.6 Å². The largest absolute Gasteiger partial charge is 0.329 e. The monoisotopic (exact) mass is 278 g/mol. The Labute approximate surface area is 96.0 Å². The molecule has 0 aliphatic rings. The third kappa shape index (κ3) is 4.24. The Bertz CT molecular complexity index is 307. The fourth-order valence-electron chi connectivity index (χ4n) is 1.29. The molecule has 0 aromatic heterocycles. The number of alkyl halides is 2. The second-order valence-corrected chi connectivity index (χ2v) is 4.06. The minimum atomic E-state index is -2.36. The molecule has 3 N–H and O–H groups in total. The van der Waals surface area contributed by atoms with Crippen molar-refractivity contribution in [1.82, 2.24) is 5.32 Å². The molecule has 1 unspecified atom stereocenters. The highest BCUT2D eigenvalue weighted by atomic mass is 79.9. The average Bonchev–Trinajstić information content (AvgIpc) is 2.18. The average molecular weight is 279 g/mol. The molecule has 0 radical (unpaired) electrons. The number of nitrogens with two attached hydrogens (primary N) is 1. The summed E-state index contributed by atoms with van der Waals surface area (Å²) in [4.78, 5) is 0. The summed E-state index contributed by atoms with van der Waals surface area (Å²) in [6.45, 7) is -0.0441. The van der Waals surface area contributed by atoms with E-state index in [1.807, 2.05) is 24.3 Å². The fourth-order valence-corrected chi connectivity index (χ4v) is 1.71. The first-order chi connectivity index (χ1) is 7.13. The highest BCUT2D eigenvalue weighted by Crippen LogP contribution is 2.17. The van der Waals surface area contributed by atoms with Crippen LogP contribution in [0.3, 0.4) is 0 Å². The molecule has 0 aliphatic heterocycles. The molecular weight excluding hydrogens is 266 g/mol. The maximum Gasteiger partial charge on any atom is 0.250 e. The van der Waals surface area contributed by atoms with Crippen molar-refractivity contribution in [1.29, 1.82) is 0 Å². The van der Waals surface area contributed by atoms with E-state index in [0.717, 1.165) is 10.0 Å². The van der Waals surface area contributed by atoms with E-state index in [0.29, 0.717) is 6.54 Å². The molecule has 0 aliphatic carbocycles. The zero-order valence-electron chi connectivity index (χ0n) is 8.09. The van der Waals surface area contributed by atoms with E-state index < -0.39 is 6.43 Å². The summed E-state index contributed by atoms with van der Waals surface area (Å²) in [5, 5.41) is 2.72. The topological polar surface area (TPSA) is 38.0 Å². The molecule has 15 heavy (non-hydrogen) atoms. The van der Waals surface area contributed by atoms with Crippen LogP contribution in [0.25, 0.3) is 0 Å². The maximum atomic E-state index is 12.0.